The van der Waals surface area contributed by atoms with Crippen LogP contribution in [0.2, 0.25) is 0 Å². The highest BCUT2D eigenvalue weighted by molar-refractivity contribution is 6.00. The van der Waals surface area contributed by atoms with Crippen LogP contribution in [0.5, 0.6) is 5.75 Å². The minimum atomic E-state index is 0.0678. The SMILES string of the molecule is CCC1(CC)CCN(C(=O)c2cc(OC)c3c(c2)nc(-c2cc4cccnc4n2CC2CC2)n3C)C1. The molecule has 0 atom stereocenters. The van der Waals surface area contributed by atoms with Gasteiger partial charge >= 0.3 is 0 Å². The Bertz CT molecular complexity index is 1460. The van der Waals surface area contributed by atoms with Gasteiger partial charge < -0.3 is 18.8 Å². The molecule has 1 saturated carbocycles. The fourth-order valence-corrected chi connectivity index (χ4v) is 5.95. The number of aromatic nitrogens is 4. The molecule has 0 bridgehead atoms. The van der Waals surface area contributed by atoms with E-state index in [0.717, 1.165) is 72.5 Å². The molecule has 1 aromatic carbocycles. The van der Waals surface area contributed by atoms with Crippen LogP contribution in [0.25, 0.3) is 33.6 Å². The number of nitrogens with zero attached hydrogens (tertiary/aromatic N) is 5. The van der Waals surface area contributed by atoms with E-state index in [1.165, 1.54) is 12.8 Å². The number of rotatable bonds is 7. The number of hydrogen-bond donors (Lipinski definition) is 0. The van der Waals surface area contributed by atoms with Crippen molar-refractivity contribution in [1.29, 1.82) is 0 Å². The third-order valence-electron chi connectivity index (χ3n) is 8.65. The Kier molecular flexibility index (Phi) is 5.54. The maximum absolute atomic E-state index is 13.6. The molecular weight excluding hydrogens is 450 g/mol. The Morgan fingerprint density at radius 1 is 1.19 bits per heavy atom. The summed E-state index contributed by atoms with van der Waals surface area (Å²) in [6.45, 7) is 7.05. The summed E-state index contributed by atoms with van der Waals surface area (Å²) in [5.74, 6) is 2.31. The summed E-state index contributed by atoms with van der Waals surface area (Å²) in [5.41, 5.74) is 4.62. The van der Waals surface area contributed by atoms with Gasteiger partial charge in [-0.3, -0.25) is 4.79 Å². The average molecular weight is 486 g/mol. The second-order valence-corrected chi connectivity index (χ2v) is 10.7. The number of aryl methyl sites for hydroxylation is 1. The van der Waals surface area contributed by atoms with Crippen molar-refractivity contribution >= 4 is 28.0 Å². The van der Waals surface area contributed by atoms with E-state index < -0.39 is 0 Å². The molecule has 1 amide bonds. The van der Waals surface area contributed by atoms with Crippen LogP contribution in [0.4, 0.5) is 0 Å². The monoisotopic (exact) mass is 485 g/mol. The molecule has 1 aliphatic carbocycles. The summed E-state index contributed by atoms with van der Waals surface area (Å²) in [5, 5.41) is 1.12. The van der Waals surface area contributed by atoms with Crippen LogP contribution in [-0.4, -0.2) is 50.1 Å². The van der Waals surface area contributed by atoms with Crippen molar-refractivity contribution in [3.8, 4) is 17.3 Å². The summed E-state index contributed by atoms with van der Waals surface area (Å²) < 4.78 is 10.2. The van der Waals surface area contributed by atoms with Gasteiger partial charge in [-0.15, -0.1) is 0 Å². The van der Waals surface area contributed by atoms with Crippen molar-refractivity contribution in [2.24, 2.45) is 18.4 Å². The number of carbonyl (C=O) groups is 1. The number of carbonyl (C=O) groups excluding carboxylic acids is 1. The van der Waals surface area contributed by atoms with Crippen LogP contribution in [0, 0.1) is 11.3 Å². The van der Waals surface area contributed by atoms with E-state index >= 15 is 0 Å². The first-order chi connectivity index (χ1) is 17.5. The molecule has 1 aliphatic heterocycles. The number of fused-ring (bicyclic) bond motifs is 2. The van der Waals surface area contributed by atoms with E-state index in [9.17, 15) is 4.79 Å². The average Bonchev–Trinajstić information content (AvgIpc) is 3.36. The molecule has 0 spiro atoms. The third kappa shape index (κ3) is 3.67. The van der Waals surface area contributed by atoms with E-state index in [1.807, 2.05) is 36.3 Å². The predicted octanol–water partition coefficient (Wildman–Crippen LogP) is 5.66. The van der Waals surface area contributed by atoms with Crippen molar-refractivity contribution in [2.45, 2.75) is 52.5 Å². The molecule has 0 unspecified atom stereocenters. The molecular formula is C29H35N5O2. The molecule has 7 nitrogen and oxygen atoms in total. The molecule has 36 heavy (non-hydrogen) atoms. The van der Waals surface area contributed by atoms with Crippen molar-refractivity contribution in [3.05, 3.63) is 42.1 Å². The minimum absolute atomic E-state index is 0.0678. The molecule has 0 radical (unpaired) electrons. The number of ether oxygens (including phenoxy) is 1. The summed E-state index contributed by atoms with van der Waals surface area (Å²) >= 11 is 0. The Balaban J connectivity index is 1.44. The largest absolute Gasteiger partial charge is 0.494 e. The molecule has 4 heterocycles. The van der Waals surface area contributed by atoms with Crippen molar-refractivity contribution in [1.82, 2.24) is 24.0 Å². The van der Waals surface area contributed by atoms with Crippen LogP contribution >= 0.6 is 0 Å². The topological polar surface area (TPSA) is 65.2 Å². The van der Waals surface area contributed by atoms with E-state index in [0.29, 0.717) is 17.2 Å². The second-order valence-electron chi connectivity index (χ2n) is 10.7. The zero-order valence-electron chi connectivity index (χ0n) is 21.8. The van der Waals surface area contributed by atoms with Crippen LogP contribution in [0.3, 0.4) is 0 Å². The fraction of sp³-hybridized carbons (Fsp3) is 0.483. The standard InChI is InChI=1S/C29H35N5O2/c1-5-29(6-2)11-13-33(18-29)28(35)21-14-22-25(24(16-21)36-4)32(3)27(31-22)23-15-20-8-7-12-30-26(20)34(23)17-19-9-10-19/h7-8,12,14-16,19H,5-6,9-11,13,17-18H2,1-4H3. The van der Waals surface area contributed by atoms with Gasteiger partial charge in [-0.05, 0) is 73.8 Å². The van der Waals surface area contributed by atoms with Crippen LogP contribution in [0.15, 0.2) is 36.5 Å². The van der Waals surface area contributed by atoms with Crippen LogP contribution < -0.4 is 4.74 Å². The lowest BCUT2D eigenvalue weighted by atomic mass is 9.82. The number of methoxy groups -OCH3 is 1. The zero-order valence-corrected chi connectivity index (χ0v) is 21.8. The van der Waals surface area contributed by atoms with Crippen LogP contribution in [0.1, 0.15) is 56.3 Å². The quantitative estimate of drug-likeness (QED) is 0.339. The van der Waals surface area contributed by atoms with Gasteiger partial charge in [0, 0.05) is 43.8 Å². The highest BCUT2D eigenvalue weighted by Gasteiger charge is 2.37. The molecule has 1 saturated heterocycles. The number of imidazole rings is 1. The molecule has 0 N–H and O–H groups in total. The minimum Gasteiger partial charge on any atom is -0.494 e. The second kappa shape index (κ2) is 8.64. The van der Waals surface area contributed by atoms with Gasteiger partial charge in [0.2, 0.25) is 0 Å². The maximum atomic E-state index is 13.6. The Labute approximate surface area is 212 Å². The van der Waals surface area contributed by atoms with Gasteiger partial charge in [-0.25, -0.2) is 9.97 Å². The van der Waals surface area contributed by atoms with E-state index in [-0.39, 0.29) is 11.3 Å². The number of amides is 1. The highest BCUT2D eigenvalue weighted by Crippen LogP contribution is 2.39. The molecule has 4 aromatic rings. The maximum Gasteiger partial charge on any atom is 0.254 e. The number of likely N-dealkylation sites (tertiary alicyclic amines) is 1. The Hall–Kier alpha value is -3.35. The van der Waals surface area contributed by atoms with Gasteiger partial charge in [0.25, 0.3) is 5.91 Å². The van der Waals surface area contributed by atoms with Crippen molar-refractivity contribution in [2.75, 3.05) is 20.2 Å². The third-order valence-corrected chi connectivity index (χ3v) is 8.65. The molecule has 7 heteroatoms. The zero-order chi connectivity index (χ0) is 25.0. The molecule has 6 rings (SSSR count). The molecule has 2 fully saturated rings. The number of pyridine rings is 1. The smallest absolute Gasteiger partial charge is 0.254 e. The fourth-order valence-electron chi connectivity index (χ4n) is 5.95. The highest BCUT2D eigenvalue weighted by atomic mass is 16.5. The Morgan fingerprint density at radius 2 is 2.00 bits per heavy atom. The van der Waals surface area contributed by atoms with Gasteiger partial charge in [0.15, 0.2) is 5.82 Å². The number of benzene rings is 1. The summed E-state index contributed by atoms with van der Waals surface area (Å²) in [4.78, 5) is 25.3. The lowest BCUT2D eigenvalue weighted by Crippen LogP contribution is -2.31. The first-order valence-corrected chi connectivity index (χ1v) is 13.3. The summed E-state index contributed by atoms with van der Waals surface area (Å²) in [6.07, 6.45) is 7.66. The summed E-state index contributed by atoms with van der Waals surface area (Å²) in [7, 11) is 3.69. The van der Waals surface area contributed by atoms with Gasteiger partial charge in [-0.1, -0.05) is 13.8 Å². The molecule has 2 aliphatic rings. The first-order valence-electron chi connectivity index (χ1n) is 13.3. The van der Waals surface area contributed by atoms with Gasteiger partial charge in [0.05, 0.1) is 18.3 Å². The van der Waals surface area contributed by atoms with E-state index in [4.69, 9.17) is 9.72 Å². The molecule has 188 valence electrons. The van der Waals surface area contributed by atoms with Crippen LogP contribution in [-0.2, 0) is 13.6 Å². The van der Waals surface area contributed by atoms with Crippen molar-refractivity contribution in [3.63, 3.8) is 0 Å². The van der Waals surface area contributed by atoms with Gasteiger partial charge in [-0.2, -0.15) is 0 Å². The normalized spacial score (nSPS) is 17.4. The predicted molar refractivity (Wildman–Crippen MR) is 142 cm³/mol. The first kappa shape index (κ1) is 23.1. The molecule has 3 aromatic heterocycles. The summed E-state index contributed by atoms with van der Waals surface area (Å²) in [6, 6.07) is 10.1. The number of hydrogen-bond acceptors (Lipinski definition) is 4. The van der Waals surface area contributed by atoms with E-state index in [1.54, 1.807) is 7.11 Å². The lowest BCUT2D eigenvalue weighted by Gasteiger charge is -2.26. The van der Waals surface area contributed by atoms with Crippen molar-refractivity contribution < 1.29 is 9.53 Å². The Morgan fingerprint density at radius 3 is 2.69 bits per heavy atom. The van der Waals surface area contributed by atoms with E-state index in [2.05, 4.69) is 40.1 Å². The van der Waals surface area contributed by atoms with Gasteiger partial charge in [0.1, 0.15) is 16.9 Å². The lowest BCUT2D eigenvalue weighted by molar-refractivity contribution is 0.0769.